The van der Waals surface area contributed by atoms with Gasteiger partial charge in [-0.15, -0.1) is 0 Å². The molecule has 9 heteroatoms. The standard InChI is InChI=1S/C24H18N2O5S2/c1-30-21-13-17(9-12-20(21)31-15-16-7-10-19(11-8-16)26(28)29)14-22-23(27)25(24(32)33-22)18-5-3-2-4-6-18/h2-14H,15H2,1H3. The summed E-state index contributed by atoms with van der Waals surface area (Å²) in [5.74, 6) is 0.850. The third-order valence-corrected chi connectivity index (χ3v) is 6.14. The van der Waals surface area contributed by atoms with Crippen molar-refractivity contribution < 1.29 is 19.2 Å². The van der Waals surface area contributed by atoms with Crippen molar-refractivity contribution in [3.63, 3.8) is 0 Å². The van der Waals surface area contributed by atoms with Crippen molar-refractivity contribution >= 4 is 51.7 Å². The zero-order valence-electron chi connectivity index (χ0n) is 17.5. The van der Waals surface area contributed by atoms with Crippen molar-refractivity contribution in [3.05, 3.63) is 98.9 Å². The Morgan fingerprint density at radius 3 is 2.45 bits per heavy atom. The predicted molar refractivity (Wildman–Crippen MR) is 133 cm³/mol. The molecule has 0 unspecified atom stereocenters. The van der Waals surface area contributed by atoms with Gasteiger partial charge in [0.1, 0.15) is 6.61 Å². The first kappa shape index (κ1) is 22.5. The van der Waals surface area contributed by atoms with Crippen LogP contribution in [0.1, 0.15) is 11.1 Å². The molecule has 0 aliphatic carbocycles. The Labute approximate surface area is 199 Å². The summed E-state index contributed by atoms with van der Waals surface area (Å²) in [5, 5.41) is 10.8. The van der Waals surface area contributed by atoms with Crippen LogP contribution in [0.5, 0.6) is 11.5 Å². The predicted octanol–water partition coefficient (Wildman–Crippen LogP) is 5.59. The maximum Gasteiger partial charge on any atom is 0.270 e. The van der Waals surface area contributed by atoms with E-state index in [0.29, 0.717) is 20.7 Å². The Hall–Kier alpha value is -3.69. The molecule has 1 fully saturated rings. The summed E-state index contributed by atoms with van der Waals surface area (Å²) >= 11 is 6.66. The number of carbonyl (C=O) groups is 1. The van der Waals surface area contributed by atoms with E-state index in [-0.39, 0.29) is 18.2 Å². The number of nitro groups is 1. The quantitative estimate of drug-likeness (QED) is 0.190. The first-order valence-electron chi connectivity index (χ1n) is 9.83. The highest BCUT2D eigenvalue weighted by Gasteiger charge is 2.33. The molecule has 3 aromatic rings. The van der Waals surface area contributed by atoms with Gasteiger partial charge in [-0.3, -0.25) is 19.8 Å². The fourth-order valence-corrected chi connectivity index (χ4v) is 4.49. The molecule has 0 saturated carbocycles. The maximum atomic E-state index is 12.9. The Morgan fingerprint density at radius 1 is 1.06 bits per heavy atom. The minimum atomic E-state index is -0.444. The minimum absolute atomic E-state index is 0.0263. The number of thioether (sulfide) groups is 1. The average Bonchev–Trinajstić information content (AvgIpc) is 3.11. The highest BCUT2D eigenvalue weighted by Crippen LogP contribution is 2.37. The van der Waals surface area contributed by atoms with Crippen molar-refractivity contribution in [1.82, 2.24) is 0 Å². The van der Waals surface area contributed by atoms with E-state index in [1.54, 1.807) is 30.3 Å². The topological polar surface area (TPSA) is 81.9 Å². The van der Waals surface area contributed by atoms with Gasteiger partial charge in [0, 0.05) is 12.1 Å². The zero-order valence-corrected chi connectivity index (χ0v) is 19.1. The lowest BCUT2D eigenvalue weighted by molar-refractivity contribution is -0.384. The first-order valence-corrected chi connectivity index (χ1v) is 11.1. The average molecular weight is 479 g/mol. The van der Waals surface area contributed by atoms with Crippen LogP contribution in [0.4, 0.5) is 11.4 Å². The number of rotatable bonds is 7. The third kappa shape index (κ3) is 5.05. The van der Waals surface area contributed by atoms with Gasteiger partial charge in [-0.05, 0) is 53.6 Å². The molecule has 4 rings (SSSR count). The Morgan fingerprint density at radius 2 is 1.79 bits per heavy atom. The van der Waals surface area contributed by atoms with Crippen LogP contribution in [-0.2, 0) is 11.4 Å². The van der Waals surface area contributed by atoms with Gasteiger partial charge < -0.3 is 9.47 Å². The Kier molecular flexibility index (Phi) is 6.71. The zero-order chi connectivity index (χ0) is 23.4. The SMILES string of the molecule is COc1cc(C=C2SC(=S)N(c3ccccc3)C2=O)ccc1OCc1ccc([N+](=O)[O-])cc1. The fourth-order valence-electron chi connectivity index (χ4n) is 3.19. The van der Waals surface area contributed by atoms with E-state index in [1.165, 1.54) is 35.9 Å². The van der Waals surface area contributed by atoms with Crippen LogP contribution >= 0.6 is 24.0 Å². The number of ether oxygens (including phenoxy) is 2. The van der Waals surface area contributed by atoms with Crippen LogP contribution in [0.2, 0.25) is 0 Å². The van der Waals surface area contributed by atoms with Crippen LogP contribution < -0.4 is 14.4 Å². The van der Waals surface area contributed by atoms with E-state index < -0.39 is 4.92 Å². The van der Waals surface area contributed by atoms with Gasteiger partial charge in [-0.2, -0.15) is 0 Å². The monoisotopic (exact) mass is 478 g/mol. The molecule has 0 N–H and O–H groups in total. The maximum absolute atomic E-state index is 12.9. The molecule has 33 heavy (non-hydrogen) atoms. The molecule has 7 nitrogen and oxygen atoms in total. The van der Waals surface area contributed by atoms with E-state index in [0.717, 1.165) is 16.8 Å². The van der Waals surface area contributed by atoms with Crippen molar-refractivity contribution in [2.24, 2.45) is 0 Å². The highest BCUT2D eigenvalue weighted by atomic mass is 32.2. The normalized spacial score (nSPS) is 14.6. The number of amides is 1. The lowest BCUT2D eigenvalue weighted by Gasteiger charge is -2.14. The summed E-state index contributed by atoms with van der Waals surface area (Å²) in [5.41, 5.74) is 2.31. The lowest BCUT2D eigenvalue weighted by Crippen LogP contribution is -2.27. The smallest absolute Gasteiger partial charge is 0.270 e. The lowest BCUT2D eigenvalue weighted by atomic mass is 10.1. The molecule has 0 spiro atoms. The number of hydrogen-bond donors (Lipinski definition) is 0. The molecule has 1 heterocycles. The van der Waals surface area contributed by atoms with Crippen LogP contribution in [0.3, 0.4) is 0 Å². The number of hydrogen-bond acceptors (Lipinski definition) is 7. The van der Waals surface area contributed by atoms with Gasteiger partial charge >= 0.3 is 0 Å². The van der Waals surface area contributed by atoms with E-state index in [9.17, 15) is 14.9 Å². The molecule has 1 aliphatic heterocycles. The number of nitrogens with zero attached hydrogens (tertiary/aromatic N) is 2. The van der Waals surface area contributed by atoms with Crippen LogP contribution in [0.15, 0.2) is 77.7 Å². The van der Waals surface area contributed by atoms with Gasteiger partial charge in [0.05, 0.1) is 22.6 Å². The second-order valence-corrected chi connectivity index (χ2v) is 8.65. The number of benzene rings is 3. The van der Waals surface area contributed by atoms with Gasteiger partial charge in [-0.25, -0.2) is 0 Å². The summed E-state index contributed by atoms with van der Waals surface area (Å²) in [6.07, 6.45) is 1.77. The molecular weight excluding hydrogens is 460 g/mol. The van der Waals surface area contributed by atoms with E-state index in [1.807, 2.05) is 36.4 Å². The molecule has 1 amide bonds. The molecule has 0 bridgehead atoms. The van der Waals surface area contributed by atoms with E-state index in [4.69, 9.17) is 21.7 Å². The summed E-state index contributed by atoms with van der Waals surface area (Å²) in [4.78, 5) is 25.3. The first-order chi connectivity index (χ1) is 16.0. The molecule has 166 valence electrons. The third-order valence-electron chi connectivity index (χ3n) is 4.84. The second kappa shape index (κ2) is 9.85. The van der Waals surface area contributed by atoms with Gasteiger partial charge in [0.25, 0.3) is 11.6 Å². The number of non-ortho nitro benzene ring substituents is 1. The molecule has 0 atom stereocenters. The Balaban J connectivity index is 1.49. The summed E-state index contributed by atoms with van der Waals surface area (Å²) in [6, 6.07) is 20.8. The van der Waals surface area contributed by atoms with Crippen LogP contribution in [0, 0.1) is 10.1 Å². The summed E-state index contributed by atoms with van der Waals surface area (Å²) in [7, 11) is 1.53. The Bertz CT molecular complexity index is 1240. The van der Waals surface area contributed by atoms with E-state index in [2.05, 4.69) is 0 Å². The van der Waals surface area contributed by atoms with Crippen LogP contribution in [-0.4, -0.2) is 22.3 Å². The van der Waals surface area contributed by atoms with Gasteiger partial charge in [0.15, 0.2) is 15.8 Å². The number of anilines is 1. The van der Waals surface area contributed by atoms with Crippen molar-refractivity contribution in [3.8, 4) is 11.5 Å². The van der Waals surface area contributed by atoms with Gasteiger partial charge in [0.2, 0.25) is 0 Å². The molecule has 0 radical (unpaired) electrons. The molecule has 3 aromatic carbocycles. The number of thiocarbonyl (C=S) groups is 1. The molecule has 1 saturated heterocycles. The van der Waals surface area contributed by atoms with E-state index >= 15 is 0 Å². The van der Waals surface area contributed by atoms with Crippen molar-refractivity contribution in [2.75, 3.05) is 12.0 Å². The second-order valence-electron chi connectivity index (χ2n) is 6.98. The number of carbonyl (C=O) groups excluding carboxylic acids is 1. The minimum Gasteiger partial charge on any atom is -0.493 e. The van der Waals surface area contributed by atoms with Crippen molar-refractivity contribution in [2.45, 2.75) is 6.61 Å². The number of nitro benzene ring substituents is 1. The number of methoxy groups -OCH3 is 1. The van der Waals surface area contributed by atoms with Crippen LogP contribution in [0.25, 0.3) is 6.08 Å². The van der Waals surface area contributed by atoms with Crippen molar-refractivity contribution in [1.29, 1.82) is 0 Å². The van der Waals surface area contributed by atoms with Gasteiger partial charge in [-0.1, -0.05) is 48.2 Å². The number of para-hydroxylation sites is 1. The summed E-state index contributed by atoms with van der Waals surface area (Å²) in [6.45, 7) is 0.226. The molecular formula is C24H18N2O5S2. The largest absolute Gasteiger partial charge is 0.493 e. The fraction of sp³-hybridized carbons (Fsp3) is 0.0833. The molecule has 1 aliphatic rings. The molecule has 0 aromatic heterocycles. The highest BCUT2D eigenvalue weighted by molar-refractivity contribution is 8.27. The summed E-state index contributed by atoms with van der Waals surface area (Å²) < 4.78 is 11.8.